The van der Waals surface area contributed by atoms with E-state index in [-0.39, 0.29) is 29.0 Å². The number of esters is 1. The average Bonchev–Trinajstić information content (AvgIpc) is 3.40. The predicted octanol–water partition coefficient (Wildman–Crippen LogP) is 3.29. The summed E-state index contributed by atoms with van der Waals surface area (Å²) in [5.74, 6) is -4.29. The third kappa shape index (κ3) is 8.15. The number of nitrogens with two attached hydrogens (primary N) is 1. The molecule has 5 N–H and O–H groups in total. The number of hydrogen-bond donors (Lipinski definition) is 4. The zero-order valence-electron chi connectivity index (χ0n) is 23.7. The van der Waals surface area contributed by atoms with Crippen LogP contribution in [0.1, 0.15) is 52.2 Å². The number of hydrogen-bond acceptors (Lipinski definition) is 11. The van der Waals surface area contributed by atoms with Crippen molar-refractivity contribution in [2.75, 3.05) is 18.9 Å². The number of nitrogen functional groups attached to an aromatic ring is 1. The molecular weight excluding hydrogens is 593 g/mol. The van der Waals surface area contributed by atoms with Gasteiger partial charge in [0.25, 0.3) is 11.4 Å². The number of H-pyrrole nitrogens is 1. The molecule has 3 aromatic rings. The summed E-state index contributed by atoms with van der Waals surface area (Å²) in [4.78, 5) is 34.9. The number of halogens is 2. The molecule has 4 rings (SSSR count). The van der Waals surface area contributed by atoms with Crippen LogP contribution in [0.25, 0.3) is 11.2 Å². The summed E-state index contributed by atoms with van der Waals surface area (Å²) in [6.45, 7) is -0.0334. The summed E-state index contributed by atoms with van der Waals surface area (Å²) in [5.41, 5.74) is 4.53. The molecule has 0 amide bonds. The summed E-state index contributed by atoms with van der Waals surface area (Å²) in [5, 5.41) is 12.4. The quantitative estimate of drug-likeness (QED) is 0.151. The van der Waals surface area contributed by atoms with Crippen molar-refractivity contribution in [1.29, 1.82) is 0 Å². The molecule has 2 unspecified atom stereocenters. The minimum absolute atomic E-state index is 0.0526. The van der Waals surface area contributed by atoms with E-state index in [0.29, 0.717) is 12.8 Å². The third-order valence-corrected chi connectivity index (χ3v) is 8.41. The maximum Gasteiger partial charge on any atom is 0.459 e. The molecule has 0 aliphatic heterocycles. The Bertz CT molecular complexity index is 1490. The molecule has 0 radical (unpaired) electrons. The van der Waals surface area contributed by atoms with Crippen LogP contribution in [0.2, 0.25) is 0 Å². The Labute approximate surface area is 245 Å². The van der Waals surface area contributed by atoms with Crippen molar-refractivity contribution in [1.82, 2.24) is 24.6 Å². The zero-order chi connectivity index (χ0) is 31.2. The number of ether oxygens (including phenoxy) is 2. The first-order valence-electron chi connectivity index (χ1n) is 13.7. The number of aliphatic hydroxyl groups is 1. The molecule has 14 nitrogen and oxygen atoms in total. The molecule has 0 saturated heterocycles. The fraction of sp³-hybridized carbons (Fsp3) is 0.538. The summed E-state index contributed by atoms with van der Waals surface area (Å²) >= 11 is 0. The third-order valence-electron chi connectivity index (χ3n) is 6.78. The molecule has 1 aromatic carbocycles. The minimum Gasteiger partial charge on any atom is -0.461 e. The van der Waals surface area contributed by atoms with E-state index < -0.39 is 56.8 Å². The molecule has 1 saturated carbocycles. The highest BCUT2D eigenvalue weighted by molar-refractivity contribution is 7.52. The topological polar surface area (TPSA) is 193 Å². The second-order valence-electron chi connectivity index (χ2n) is 10.2. The van der Waals surface area contributed by atoms with Crippen LogP contribution in [-0.2, 0) is 23.4 Å². The number of alkyl halides is 2. The van der Waals surface area contributed by atoms with Crippen LogP contribution in [0.15, 0.2) is 41.5 Å². The van der Waals surface area contributed by atoms with Crippen molar-refractivity contribution in [2.24, 2.45) is 0 Å². The zero-order valence-corrected chi connectivity index (χ0v) is 24.5. The smallest absolute Gasteiger partial charge is 0.459 e. The van der Waals surface area contributed by atoms with Gasteiger partial charge in [0.15, 0.2) is 23.6 Å². The number of nitrogens with zero attached hydrogens (tertiary/aromatic N) is 3. The normalized spacial score (nSPS) is 19.2. The number of aliphatic hydroxyl groups excluding tert-OH is 1. The Morgan fingerprint density at radius 3 is 2.63 bits per heavy atom. The lowest BCUT2D eigenvalue weighted by Gasteiger charge is -2.32. The van der Waals surface area contributed by atoms with Crippen molar-refractivity contribution < 1.29 is 41.8 Å². The van der Waals surface area contributed by atoms with Crippen LogP contribution >= 0.6 is 7.75 Å². The number of fused-ring (bicyclic) bond motifs is 1. The van der Waals surface area contributed by atoms with Gasteiger partial charge in [0.1, 0.15) is 24.5 Å². The average molecular weight is 629 g/mol. The summed E-state index contributed by atoms with van der Waals surface area (Å²) < 4.78 is 67.4. The second-order valence-corrected chi connectivity index (χ2v) is 11.8. The molecule has 0 spiro atoms. The Morgan fingerprint density at radius 1 is 1.28 bits per heavy atom. The van der Waals surface area contributed by atoms with Gasteiger partial charge in [0.05, 0.1) is 12.9 Å². The van der Waals surface area contributed by atoms with Crippen LogP contribution in [0.4, 0.5) is 14.7 Å². The van der Waals surface area contributed by atoms with Gasteiger partial charge >= 0.3 is 13.7 Å². The second kappa shape index (κ2) is 13.9. The first-order valence-corrected chi connectivity index (χ1v) is 15.3. The molecule has 236 valence electrons. The van der Waals surface area contributed by atoms with Gasteiger partial charge in [-0.25, -0.2) is 18.3 Å². The first kappa shape index (κ1) is 32.5. The fourth-order valence-electron chi connectivity index (χ4n) is 4.43. The molecule has 17 heteroatoms. The van der Waals surface area contributed by atoms with Gasteiger partial charge in [0, 0.05) is 0 Å². The van der Waals surface area contributed by atoms with Crippen LogP contribution < -0.4 is 20.9 Å². The molecular formula is C26H35F2N6O8P. The van der Waals surface area contributed by atoms with E-state index in [1.165, 1.54) is 19.1 Å². The number of imidazole rings is 1. The highest BCUT2D eigenvalue weighted by Gasteiger charge is 2.45. The Kier molecular flexibility index (Phi) is 10.5. The van der Waals surface area contributed by atoms with Gasteiger partial charge in [-0.3, -0.25) is 23.7 Å². The highest BCUT2D eigenvalue weighted by atomic mass is 31.2. The number of carbonyl (C=O) groups excluding carboxylic acids is 1. The lowest BCUT2D eigenvalue weighted by atomic mass is 9.98. The SMILES string of the molecule is CC(NP(=O)(OC[C@@](F)(O[C@H](CO)n1cnc2c(=O)[nH]c(N)nc21)[C@H](C)F)Oc1ccccc1)C(=O)OC1CCCCC1. The number of rotatable bonds is 14. The molecule has 5 atom stereocenters. The minimum atomic E-state index is -4.60. The lowest BCUT2D eigenvalue weighted by Crippen LogP contribution is -2.45. The van der Waals surface area contributed by atoms with E-state index in [1.54, 1.807) is 18.2 Å². The predicted molar refractivity (Wildman–Crippen MR) is 150 cm³/mol. The van der Waals surface area contributed by atoms with Gasteiger partial charge in [-0.15, -0.1) is 0 Å². The van der Waals surface area contributed by atoms with Gasteiger partial charge < -0.3 is 24.8 Å². The van der Waals surface area contributed by atoms with Crippen LogP contribution in [0.5, 0.6) is 5.75 Å². The molecule has 43 heavy (non-hydrogen) atoms. The number of carbonyl (C=O) groups is 1. The summed E-state index contributed by atoms with van der Waals surface area (Å²) in [6, 6.07) is 6.52. The molecule has 1 aliphatic carbocycles. The van der Waals surface area contributed by atoms with Crippen molar-refractivity contribution in [3.05, 3.63) is 47.0 Å². The number of aromatic nitrogens is 4. The lowest BCUT2D eigenvalue weighted by molar-refractivity contribution is -0.250. The van der Waals surface area contributed by atoms with E-state index >= 15 is 4.39 Å². The Balaban J connectivity index is 1.54. The summed E-state index contributed by atoms with van der Waals surface area (Å²) in [6.07, 6.45) is 0.971. The Morgan fingerprint density at radius 2 is 1.98 bits per heavy atom. The van der Waals surface area contributed by atoms with E-state index in [0.717, 1.165) is 37.1 Å². The number of aromatic amines is 1. The maximum atomic E-state index is 16.1. The van der Waals surface area contributed by atoms with Crippen molar-refractivity contribution in [2.45, 2.75) is 76.4 Å². The van der Waals surface area contributed by atoms with E-state index in [4.69, 9.17) is 24.3 Å². The van der Waals surface area contributed by atoms with Crippen LogP contribution in [0, 0.1) is 0 Å². The van der Waals surface area contributed by atoms with Crippen molar-refractivity contribution in [3.8, 4) is 5.75 Å². The van der Waals surface area contributed by atoms with Crippen LogP contribution in [0.3, 0.4) is 0 Å². The van der Waals surface area contributed by atoms with E-state index in [9.17, 15) is 23.7 Å². The first-order chi connectivity index (χ1) is 20.4. The largest absolute Gasteiger partial charge is 0.461 e. The van der Waals surface area contributed by atoms with Gasteiger partial charge in [-0.1, -0.05) is 24.6 Å². The number of nitrogens with one attached hydrogen (secondary N) is 2. The van der Waals surface area contributed by atoms with Gasteiger partial charge in [-0.05, 0) is 51.7 Å². The molecule has 2 heterocycles. The molecule has 1 fully saturated rings. The number of benzene rings is 1. The van der Waals surface area contributed by atoms with E-state index in [2.05, 4.69) is 20.0 Å². The van der Waals surface area contributed by atoms with Crippen molar-refractivity contribution >= 4 is 30.8 Å². The van der Waals surface area contributed by atoms with Gasteiger partial charge in [0.2, 0.25) is 5.95 Å². The van der Waals surface area contributed by atoms with E-state index in [1.807, 2.05) is 0 Å². The molecule has 0 bridgehead atoms. The monoisotopic (exact) mass is 628 g/mol. The number of anilines is 1. The summed E-state index contributed by atoms with van der Waals surface area (Å²) in [7, 11) is -4.60. The number of para-hydroxylation sites is 1. The van der Waals surface area contributed by atoms with Crippen LogP contribution in [-0.4, -0.2) is 68.0 Å². The van der Waals surface area contributed by atoms with Crippen molar-refractivity contribution in [3.63, 3.8) is 0 Å². The Hall–Kier alpha value is -3.43. The highest BCUT2D eigenvalue weighted by Crippen LogP contribution is 2.46. The molecule has 1 aliphatic rings. The fourth-order valence-corrected chi connectivity index (χ4v) is 5.93. The standard InChI is InChI=1S/C26H35F2N6O8P/c1-16(24(37)40-18-9-5-3-6-10-18)33-43(38,42-19-11-7-4-8-12-19)39-14-26(28,17(2)27)41-20(13-35)34-15-30-21-22(34)31-25(29)32-23(21)36/h4,7-8,11-12,15-18,20,35H,3,5-6,9-10,13-14H2,1-2H3,(H,33,38)(H3,29,31,32,36)/t16?,17-,20+,26+,43?/m0/s1. The maximum absolute atomic E-state index is 16.1. The molecule has 2 aromatic heterocycles. The van der Waals surface area contributed by atoms with Gasteiger partial charge in [-0.2, -0.15) is 10.1 Å².